The van der Waals surface area contributed by atoms with Crippen molar-refractivity contribution < 1.29 is 24.5 Å². The Labute approximate surface area is 185 Å². The Bertz CT molecular complexity index is 660. The topological polar surface area (TPSA) is 76.0 Å². The van der Waals surface area contributed by atoms with Gasteiger partial charge in [0.25, 0.3) is 0 Å². The molecule has 1 unspecified atom stereocenters. The van der Waals surface area contributed by atoms with Crippen LogP contribution < -0.4 is 4.74 Å². The van der Waals surface area contributed by atoms with Crippen molar-refractivity contribution in [2.45, 2.75) is 69.5 Å². The third-order valence-electron chi connectivity index (χ3n) is 5.84. The maximum Gasteiger partial charge on any atom is 0.303 e. The number of hydrogen-bond acceptors (Lipinski definition) is 4. The fourth-order valence-corrected chi connectivity index (χ4v) is 4.56. The van der Waals surface area contributed by atoms with Gasteiger partial charge in [-0.1, -0.05) is 37.6 Å². The fourth-order valence-electron chi connectivity index (χ4n) is 4.09. The molecule has 1 aromatic rings. The van der Waals surface area contributed by atoms with Gasteiger partial charge in [-0.25, -0.2) is 0 Å². The van der Waals surface area contributed by atoms with Crippen LogP contribution in [0.3, 0.4) is 0 Å². The minimum absolute atomic E-state index is 0.0253. The molecule has 0 amide bonds. The molecule has 1 saturated carbocycles. The molecular weight excluding hydrogens is 404 g/mol. The van der Waals surface area contributed by atoms with E-state index >= 15 is 0 Å². The van der Waals surface area contributed by atoms with Crippen LogP contribution >= 0.6 is 11.6 Å². The molecule has 0 bridgehead atoms. The van der Waals surface area contributed by atoms with E-state index in [9.17, 15) is 9.90 Å². The van der Waals surface area contributed by atoms with E-state index in [0.29, 0.717) is 19.4 Å². The number of halogens is 1. The lowest BCUT2D eigenvalue weighted by atomic mass is 9.92. The van der Waals surface area contributed by atoms with Crippen LogP contribution in [-0.4, -0.2) is 41.4 Å². The molecule has 1 fully saturated rings. The third kappa shape index (κ3) is 7.60. The Hall–Kier alpha value is -1.56. The Kier molecular flexibility index (Phi) is 10.7. The number of carboxylic acids is 1. The van der Waals surface area contributed by atoms with Crippen molar-refractivity contribution in [3.63, 3.8) is 0 Å². The van der Waals surface area contributed by atoms with Gasteiger partial charge < -0.3 is 19.7 Å². The second-order valence-corrected chi connectivity index (χ2v) is 8.59. The molecule has 0 aliphatic heterocycles. The Balaban J connectivity index is 1.87. The predicted octanol–water partition coefficient (Wildman–Crippen LogP) is 5.36. The summed E-state index contributed by atoms with van der Waals surface area (Å²) in [7, 11) is 1.73. The first kappa shape index (κ1) is 24.7. The second-order valence-electron chi connectivity index (χ2n) is 8.03. The van der Waals surface area contributed by atoms with E-state index in [1.54, 1.807) is 7.11 Å². The Morgan fingerprint density at radius 1 is 1.27 bits per heavy atom. The average molecular weight is 439 g/mol. The van der Waals surface area contributed by atoms with Crippen molar-refractivity contribution in [1.82, 2.24) is 0 Å². The zero-order valence-electron chi connectivity index (χ0n) is 18.0. The van der Waals surface area contributed by atoms with Gasteiger partial charge in [-0.2, -0.15) is 0 Å². The first-order chi connectivity index (χ1) is 14.5. The van der Waals surface area contributed by atoms with Gasteiger partial charge in [0, 0.05) is 24.8 Å². The highest BCUT2D eigenvalue weighted by Gasteiger charge is 2.41. The van der Waals surface area contributed by atoms with Crippen molar-refractivity contribution >= 4 is 17.6 Å². The van der Waals surface area contributed by atoms with Gasteiger partial charge in [0.15, 0.2) is 0 Å². The number of ether oxygens (including phenoxy) is 2. The number of aliphatic carboxylic acids is 1. The number of carboxylic acid groups (broad SMARTS) is 1. The van der Waals surface area contributed by atoms with E-state index in [0.717, 1.165) is 37.0 Å². The fraction of sp³-hybridized carbons (Fsp3) is 0.625. The van der Waals surface area contributed by atoms with E-state index in [1.165, 1.54) is 0 Å². The lowest BCUT2D eigenvalue weighted by Crippen LogP contribution is -2.27. The number of methoxy groups -OCH3 is 1. The quantitative estimate of drug-likeness (QED) is 0.246. The molecular formula is C24H35ClO5. The maximum atomic E-state index is 10.6. The zero-order chi connectivity index (χ0) is 21.9. The molecule has 0 spiro atoms. The molecule has 2 N–H and O–H groups in total. The summed E-state index contributed by atoms with van der Waals surface area (Å²) in [6.07, 6.45) is 8.62. The molecule has 30 heavy (non-hydrogen) atoms. The molecule has 0 aromatic heterocycles. The van der Waals surface area contributed by atoms with Gasteiger partial charge in [-0.05, 0) is 55.7 Å². The van der Waals surface area contributed by atoms with Crippen molar-refractivity contribution in [1.29, 1.82) is 0 Å². The van der Waals surface area contributed by atoms with Crippen molar-refractivity contribution in [2.75, 3.05) is 13.7 Å². The molecule has 1 aliphatic rings. The van der Waals surface area contributed by atoms with Gasteiger partial charge in [0.1, 0.15) is 5.75 Å². The molecule has 0 radical (unpaired) electrons. The largest absolute Gasteiger partial charge is 0.493 e. The van der Waals surface area contributed by atoms with E-state index in [-0.39, 0.29) is 29.7 Å². The van der Waals surface area contributed by atoms with Gasteiger partial charge in [-0.15, -0.1) is 11.6 Å². The van der Waals surface area contributed by atoms with Crippen molar-refractivity contribution in [3.05, 3.63) is 42.0 Å². The normalized spacial score (nSPS) is 24.9. The lowest BCUT2D eigenvalue weighted by Gasteiger charge is -2.23. The highest BCUT2D eigenvalue weighted by Crippen LogP contribution is 2.39. The molecule has 2 rings (SSSR count). The summed E-state index contributed by atoms with van der Waals surface area (Å²) < 4.78 is 11.5. The van der Waals surface area contributed by atoms with Crippen LogP contribution in [0.25, 0.3) is 0 Å². The summed E-state index contributed by atoms with van der Waals surface area (Å²) in [6.45, 7) is 2.56. The minimum Gasteiger partial charge on any atom is -0.493 e. The molecule has 168 valence electrons. The molecule has 0 saturated heterocycles. The number of alkyl halides is 1. The van der Waals surface area contributed by atoms with Gasteiger partial charge in [-0.3, -0.25) is 4.79 Å². The molecule has 1 aliphatic carbocycles. The number of aliphatic hydroxyl groups excluding tert-OH is 1. The summed E-state index contributed by atoms with van der Waals surface area (Å²) in [5.74, 6) is 0.122. The van der Waals surface area contributed by atoms with E-state index in [2.05, 4.69) is 13.0 Å². The summed E-state index contributed by atoms with van der Waals surface area (Å²) >= 11 is 6.49. The molecule has 5 nitrogen and oxygen atoms in total. The SMILES string of the molecule is CCC[C@@H](OC)c1ccc(OC[C@@H]2C(C/C=C\CCCC(=O)O)[C@H](Cl)C[C@H]2O)cc1. The summed E-state index contributed by atoms with van der Waals surface area (Å²) in [5.41, 5.74) is 1.14. The van der Waals surface area contributed by atoms with E-state index < -0.39 is 12.1 Å². The van der Waals surface area contributed by atoms with E-state index in [1.807, 2.05) is 30.3 Å². The van der Waals surface area contributed by atoms with Crippen molar-refractivity contribution in [2.24, 2.45) is 11.8 Å². The zero-order valence-corrected chi connectivity index (χ0v) is 18.8. The van der Waals surface area contributed by atoms with Crippen LogP contribution in [0.5, 0.6) is 5.75 Å². The summed E-state index contributed by atoms with van der Waals surface area (Å²) in [5, 5.41) is 19.0. The number of benzene rings is 1. The third-order valence-corrected chi connectivity index (χ3v) is 6.34. The van der Waals surface area contributed by atoms with Crippen LogP contribution in [0, 0.1) is 11.8 Å². The lowest BCUT2D eigenvalue weighted by molar-refractivity contribution is -0.137. The monoisotopic (exact) mass is 438 g/mol. The second kappa shape index (κ2) is 13.0. The number of aliphatic hydroxyl groups is 1. The first-order valence-electron chi connectivity index (χ1n) is 10.9. The summed E-state index contributed by atoms with van der Waals surface area (Å²) in [4.78, 5) is 10.6. The van der Waals surface area contributed by atoms with Crippen LogP contribution in [0.15, 0.2) is 36.4 Å². The maximum absolute atomic E-state index is 10.6. The van der Waals surface area contributed by atoms with E-state index in [4.69, 9.17) is 26.2 Å². The Morgan fingerprint density at radius 2 is 2.00 bits per heavy atom. The predicted molar refractivity (Wildman–Crippen MR) is 119 cm³/mol. The minimum atomic E-state index is -0.767. The van der Waals surface area contributed by atoms with Crippen LogP contribution in [0.4, 0.5) is 0 Å². The van der Waals surface area contributed by atoms with Crippen LogP contribution in [-0.2, 0) is 9.53 Å². The standard InChI is InChI=1S/C24H35ClO5/c1-3-8-23(29-2)17-11-13-18(14-12-17)30-16-20-19(21(25)15-22(20)26)9-6-4-5-7-10-24(27)28/h4,6,11-14,19-23,26H,3,5,7-10,15-16H2,1-2H3,(H,27,28)/b6-4-/t19?,20-,21-,22-,23-/m1/s1. The number of hydrogen-bond donors (Lipinski definition) is 2. The molecule has 6 heteroatoms. The number of unbranched alkanes of at least 4 members (excludes halogenated alkanes) is 1. The highest BCUT2D eigenvalue weighted by atomic mass is 35.5. The highest BCUT2D eigenvalue weighted by molar-refractivity contribution is 6.21. The Morgan fingerprint density at radius 3 is 2.63 bits per heavy atom. The number of carbonyl (C=O) groups is 1. The molecule has 0 heterocycles. The smallest absolute Gasteiger partial charge is 0.303 e. The van der Waals surface area contributed by atoms with Crippen LogP contribution in [0.2, 0.25) is 0 Å². The molecule has 5 atom stereocenters. The average Bonchev–Trinajstić information content (AvgIpc) is 2.99. The first-order valence-corrected chi connectivity index (χ1v) is 11.3. The molecule has 1 aromatic carbocycles. The number of allylic oxidation sites excluding steroid dienone is 2. The van der Waals surface area contributed by atoms with Gasteiger partial charge in [0.05, 0.1) is 18.8 Å². The van der Waals surface area contributed by atoms with Gasteiger partial charge >= 0.3 is 5.97 Å². The van der Waals surface area contributed by atoms with Crippen molar-refractivity contribution in [3.8, 4) is 5.75 Å². The van der Waals surface area contributed by atoms with Gasteiger partial charge in [0.2, 0.25) is 0 Å². The summed E-state index contributed by atoms with van der Waals surface area (Å²) in [6, 6.07) is 7.97. The van der Waals surface area contributed by atoms with Crippen LogP contribution in [0.1, 0.15) is 63.5 Å². The number of rotatable bonds is 13.